The Morgan fingerprint density at radius 1 is 0.849 bits per heavy atom. The van der Waals surface area contributed by atoms with E-state index in [0.717, 1.165) is 25.0 Å². The summed E-state index contributed by atoms with van der Waals surface area (Å²) in [5.74, 6) is -0.0934. The fourth-order valence-corrected chi connectivity index (χ4v) is 13.8. The van der Waals surface area contributed by atoms with Gasteiger partial charge in [0.1, 0.15) is 5.60 Å². The van der Waals surface area contributed by atoms with Crippen LogP contribution in [0.4, 0.5) is 0 Å². The molecule has 4 heterocycles. The number of hydrogen-bond acceptors (Lipinski definition) is 8. The van der Waals surface area contributed by atoms with E-state index in [1.807, 2.05) is 37.3 Å². The summed E-state index contributed by atoms with van der Waals surface area (Å²) in [7, 11) is -2.79. The smallest absolute Gasteiger partial charge is 0.261 e. The topological polar surface area (TPSA) is 84.8 Å². The van der Waals surface area contributed by atoms with Gasteiger partial charge in [0.15, 0.2) is 6.29 Å². The molecule has 1 unspecified atom stereocenters. The highest BCUT2D eigenvalue weighted by molar-refractivity contribution is 6.99. The number of fused-ring (bicyclic) bond motifs is 2. The van der Waals surface area contributed by atoms with Crippen LogP contribution in [0.5, 0.6) is 0 Å². The van der Waals surface area contributed by atoms with Gasteiger partial charge < -0.3 is 38.0 Å². The van der Waals surface area contributed by atoms with Gasteiger partial charge in [0.2, 0.25) is 0 Å². The van der Waals surface area contributed by atoms with Gasteiger partial charge in [0.25, 0.3) is 8.32 Å². The van der Waals surface area contributed by atoms with Crippen LogP contribution in [0, 0.1) is 5.92 Å². The summed E-state index contributed by atoms with van der Waals surface area (Å²) in [5.41, 5.74) is -0.465. The molecule has 4 aliphatic rings. The van der Waals surface area contributed by atoms with Crippen molar-refractivity contribution in [1.82, 2.24) is 0 Å². The maximum atomic E-state index is 10.3. The van der Waals surface area contributed by atoms with Crippen molar-refractivity contribution in [1.29, 1.82) is 0 Å². The Morgan fingerprint density at radius 2 is 1.49 bits per heavy atom. The molecule has 0 bridgehead atoms. The lowest BCUT2D eigenvalue weighted by Crippen LogP contribution is -2.68. The Hall–Kier alpha value is -2.44. The third-order valence-electron chi connectivity index (χ3n) is 12.2. The molecule has 9 heteroatoms. The predicted octanol–water partition coefficient (Wildman–Crippen LogP) is 6.72. The van der Waals surface area contributed by atoms with Gasteiger partial charge in [-0.1, -0.05) is 119 Å². The summed E-state index contributed by atoms with van der Waals surface area (Å²) >= 11 is 0. The molecule has 7 rings (SSSR count). The van der Waals surface area contributed by atoms with Crippen molar-refractivity contribution in [3.05, 3.63) is 96.6 Å². The van der Waals surface area contributed by atoms with Crippen LogP contribution in [-0.4, -0.2) is 87.7 Å². The van der Waals surface area contributed by atoms with Crippen LogP contribution in [-0.2, 0) is 32.8 Å². The number of ether oxygens (including phenoxy) is 6. The molecule has 4 aliphatic heterocycles. The highest BCUT2D eigenvalue weighted by Gasteiger charge is 2.58. The average Bonchev–Trinajstić information content (AvgIpc) is 3.16. The predicted molar refractivity (Wildman–Crippen MR) is 208 cm³/mol. The van der Waals surface area contributed by atoms with Gasteiger partial charge in [0, 0.05) is 50.6 Å². The third kappa shape index (κ3) is 7.84. The first kappa shape index (κ1) is 38.8. The molecule has 0 saturated carbocycles. The summed E-state index contributed by atoms with van der Waals surface area (Å²) in [6.45, 7) is 14.9. The van der Waals surface area contributed by atoms with E-state index in [-0.39, 0.29) is 54.2 Å². The molecule has 0 aromatic heterocycles. The van der Waals surface area contributed by atoms with Gasteiger partial charge in [-0.15, -0.1) is 0 Å². The monoisotopic (exact) mass is 744 g/mol. The van der Waals surface area contributed by atoms with E-state index in [1.54, 1.807) is 0 Å². The van der Waals surface area contributed by atoms with E-state index in [4.69, 9.17) is 32.8 Å². The number of benzene rings is 3. The van der Waals surface area contributed by atoms with E-state index in [9.17, 15) is 5.11 Å². The third-order valence-corrected chi connectivity index (χ3v) is 17.2. The van der Waals surface area contributed by atoms with Crippen LogP contribution in [0.2, 0.25) is 5.04 Å². The zero-order chi connectivity index (χ0) is 37.3. The van der Waals surface area contributed by atoms with Crippen molar-refractivity contribution in [2.75, 3.05) is 26.4 Å². The van der Waals surface area contributed by atoms with Crippen LogP contribution >= 0.6 is 0 Å². The summed E-state index contributed by atoms with van der Waals surface area (Å²) in [4.78, 5) is 0. The minimum absolute atomic E-state index is 0.0187. The molecule has 4 saturated heterocycles. The SMILES string of the molecule is C[C@@H](CO)[C@H]1O[C@H]2CCCO[C@@H]2C[C@@H]1O[C@@H]1C[C@@H]2OC(c3ccccc3)OC[C@@]2(C)O[C@@]1(C)CCO[Si](c1ccccc1)(c1ccccc1)C(C)(C)C. The van der Waals surface area contributed by atoms with Gasteiger partial charge in [-0.2, -0.15) is 0 Å². The summed E-state index contributed by atoms with van der Waals surface area (Å²) in [6.07, 6.45) is 2.21. The van der Waals surface area contributed by atoms with Crippen LogP contribution in [0.1, 0.15) is 85.5 Å². The van der Waals surface area contributed by atoms with Crippen molar-refractivity contribution in [2.24, 2.45) is 5.92 Å². The minimum Gasteiger partial charge on any atom is -0.407 e. The lowest BCUT2D eigenvalue weighted by atomic mass is 9.80. The molecular formula is C44H60O8Si. The van der Waals surface area contributed by atoms with Crippen LogP contribution in [0.3, 0.4) is 0 Å². The lowest BCUT2D eigenvalue weighted by molar-refractivity contribution is -0.368. The van der Waals surface area contributed by atoms with Gasteiger partial charge in [-0.05, 0) is 42.1 Å². The van der Waals surface area contributed by atoms with Crippen molar-refractivity contribution in [3.63, 3.8) is 0 Å². The molecule has 0 spiro atoms. The normalized spacial score (nSPS) is 34.1. The fraction of sp³-hybridized carbons (Fsp3) is 0.591. The zero-order valence-corrected chi connectivity index (χ0v) is 33.4. The first-order valence-electron chi connectivity index (χ1n) is 19.8. The molecule has 288 valence electrons. The van der Waals surface area contributed by atoms with Crippen LogP contribution in [0.25, 0.3) is 0 Å². The largest absolute Gasteiger partial charge is 0.407 e. The number of aliphatic hydroxyl groups excluding tert-OH is 1. The highest BCUT2D eigenvalue weighted by Crippen LogP contribution is 2.47. The molecule has 0 amide bonds. The molecule has 53 heavy (non-hydrogen) atoms. The van der Waals surface area contributed by atoms with Crippen molar-refractivity contribution in [2.45, 2.75) is 133 Å². The van der Waals surface area contributed by atoms with Crippen LogP contribution < -0.4 is 10.4 Å². The Bertz CT molecular complexity index is 1560. The molecule has 10 atom stereocenters. The van der Waals surface area contributed by atoms with Crippen LogP contribution in [0.15, 0.2) is 91.0 Å². The zero-order valence-electron chi connectivity index (χ0n) is 32.4. The molecule has 0 aliphatic carbocycles. The molecule has 8 nitrogen and oxygen atoms in total. The number of rotatable bonds is 11. The first-order chi connectivity index (χ1) is 25.5. The Labute approximate surface area is 317 Å². The quantitative estimate of drug-likeness (QED) is 0.217. The summed E-state index contributed by atoms with van der Waals surface area (Å²) < 4.78 is 48.1. The van der Waals surface area contributed by atoms with Crippen molar-refractivity contribution < 1.29 is 38.0 Å². The van der Waals surface area contributed by atoms with Gasteiger partial charge >= 0.3 is 0 Å². The van der Waals surface area contributed by atoms with E-state index in [2.05, 4.69) is 95.3 Å². The lowest BCUT2D eigenvalue weighted by Gasteiger charge is -2.57. The molecule has 1 N–H and O–H groups in total. The van der Waals surface area contributed by atoms with E-state index in [0.29, 0.717) is 32.5 Å². The van der Waals surface area contributed by atoms with E-state index < -0.39 is 25.8 Å². The second-order valence-corrected chi connectivity index (χ2v) is 21.5. The van der Waals surface area contributed by atoms with E-state index in [1.165, 1.54) is 10.4 Å². The van der Waals surface area contributed by atoms with Crippen molar-refractivity contribution >= 4 is 18.7 Å². The fourth-order valence-electron chi connectivity index (χ4n) is 9.26. The number of aliphatic hydroxyl groups is 1. The maximum Gasteiger partial charge on any atom is 0.261 e. The summed E-state index contributed by atoms with van der Waals surface area (Å²) in [5, 5.41) is 12.7. The molecule has 3 aromatic rings. The van der Waals surface area contributed by atoms with E-state index >= 15 is 0 Å². The summed E-state index contributed by atoms with van der Waals surface area (Å²) in [6, 6.07) is 31.6. The Balaban J connectivity index is 1.20. The Morgan fingerprint density at radius 3 is 2.11 bits per heavy atom. The molecule has 3 aromatic carbocycles. The van der Waals surface area contributed by atoms with Crippen molar-refractivity contribution in [3.8, 4) is 0 Å². The number of hydrogen-bond donors (Lipinski definition) is 1. The van der Waals surface area contributed by atoms with Gasteiger partial charge in [-0.3, -0.25) is 0 Å². The molecular weight excluding hydrogens is 685 g/mol. The standard InChI is InChI=1S/C44H60O8Si/c1-31(29-45)40-37(27-36-35(50-40)23-16-25-46-36)49-38-28-39-44(6,30-47-41(51-39)32-17-10-7-11-18-32)52-43(38,5)24-26-48-53(42(2,3)4,33-19-12-8-13-20-33)34-21-14-9-15-22-34/h7-15,17-22,31,35-41,45H,16,23-30H2,1-6H3/t31-,35-,36+,37-,38+,39-,40+,41?,43-,44+/m0/s1. The Kier molecular flexibility index (Phi) is 11.7. The first-order valence-corrected chi connectivity index (χ1v) is 21.7. The minimum atomic E-state index is -2.79. The molecule has 0 radical (unpaired) electrons. The average molecular weight is 745 g/mol. The second-order valence-electron chi connectivity index (χ2n) is 17.2. The second kappa shape index (κ2) is 16.0. The highest BCUT2D eigenvalue weighted by atomic mass is 28.4. The molecule has 4 fully saturated rings. The van der Waals surface area contributed by atoms with Gasteiger partial charge in [0.05, 0.1) is 48.8 Å². The maximum absolute atomic E-state index is 10.3. The van der Waals surface area contributed by atoms with Gasteiger partial charge in [-0.25, -0.2) is 0 Å².